The van der Waals surface area contributed by atoms with Gasteiger partial charge in [0.2, 0.25) is 0 Å². The van der Waals surface area contributed by atoms with E-state index >= 15 is 0 Å². The number of hydrogen-bond acceptors (Lipinski definition) is 2. The zero-order chi connectivity index (χ0) is 18.0. The third kappa shape index (κ3) is 3.78. The molecule has 25 heavy (non-hydrogen) atoms. The fourth-order valence-electron chi connectivity index (χ4n) is 2.63. The highest BCUT2D eigenvalue weighted by molar-refractivity contribution is 6.43. The number of aromatic amines is 1. The smallest absolute Gasteiger partial charge is 0.322 e. The first-order valence-corrected chi connectivity index (χ1v) is 8.25. The Hall–Kier alpha value is -2.50. The van der Waals surface area contributed by atoms with Gasteiger partial charge >= 0.3 is 5.97 Å². The van der Waals surface area contributed by atoms with Crippen LogP contribution < -0.4 is 5.32 Å². The highest BCUT2D eigenvalue weighted by Crippen LogP contribution is 2.34. The van der Waals surface area contributed by atoms with Crippen molar-refractivity contribution < 1.29 is 14.7 Å². The summed E-state index contributed by atoms with van der Waals surface area (Å²) in [5.74, 6) is -1.77. The van der Waals surface area contributed by atoms with Crippen molar-refractivity contribution in [1.82, 2.24) is 10.3 Å². The number of aromatic nitrogens is 1. The highest BCUT2D eigenvalue weighted by Gasteiger charge is 2.19. The van der Waals surface area contributed by atoms with E-state index in [4.69, 9.17) is 28.3 Å². The van der Waals surface area contributed by atoms with Gasteiger partial charge in [0.05, 0.1) is 15.6 Å². The number of carboxylic acid groups (broad SMARTS) is 1. The van der Waals surface area contributed by atoms with E-state index < -0.39 is 18.4 Å². The summed E-state index contributed by atoms with van der Waals surface area (Å²) in [6.45, 7) is -0.504. The average molecular weight is 377 g/mol. The zero-order valence-corrected chi connectivity index (χ0v) is 14.5. The molecule has 3 aromatic rings. The number of carbonyl (C=O) groups is 2. The van der Waals surface area contributed by atoms with Gasteiger partial charge in [-0.25, -0.2) is 0 Å². The number of carbonyl (C=O) groups excluding carboxylic acids is 1. The molecule has 0 spiro atoms. The maximum atomic E-state index is 12.2. The minimum absolute atomic E-state index is 0.0716. The molecule has 0 atom stereocenters. The molecule has 3 N–H and O–H groups in total. The number of amides is 1. The lowest BCUT2D eigenvalue weighted by atomic mass is 10.1. The highest BCUT2D eigenvalue weighted by atomic mass is 35.5. The Balaban J connectivity index is 1.96. The van der Waals surface area contributed by atoms with Gasteiger partial charge in [-0.05, 0) is 17.7 Å². The molecular weight excluding hydrogens is 363 g/mol. The van der Waals surface area contributed by atoms with Gasteiger partial charge in [0, 0.05) is 23.0 Å². The lowest BCUT2D eigenvalue weighted by molar-refractivity contribution is -0.135. The van der Waals surface area contributed by atoms with Gasteiger partial charge in [-0.2, -0.15) is 0 Å². The van der Waals surface area contributed by atoms with Crippen LogP contribution in [-0.2, 0) is 11.2 Å². The molecule has 0 radical (unpaired) electrons. The van der Waals surface area contributed by atoms with Crippen LogP contribution in [0.1, 0.15) is 21.6 Å². The van der Waals surface area contributed by atoms with Crippen LogP contribution in [0.25, 0.3) is 10.9 Å². The van der Waals surface area contributed by atoms with Crippen molar-refractivity contribution in [2.45, 2.75) is 6.42 Å². The molecule has 7 heteroatoms. The molecular formula is C18H14Cl2N2O3. The van der Waals surface area contributed by atoms with E-state index in [1.165, 1.54) is 0 Å². The fraction of sp³-hybridized carbons (Fsp3) is 0.111. The van der Waals surface area contributed by atoms with Crippen LogP contribution in [0.5, 0.6) is 0 Å². The topological polar surface area (TPSA) is 82.2 Å². The predicted octanol–water partition coefficient (Wildman–Crippen LogP) is 3.88. The molecule has 0 unspecified atom stereocenters. The summed E-state index contributed by atoms with van der Waals surface area (Å²) in [4.78, 5) is 26.0. The van der Waals surface area contributed by atoms with E-state index in [9.17, 15) is 9.59 Å². The third-order valence-electron chi connectivity index (χ3n) is 3.73. The third-order valence-corrected chi connectivity index (χ3v) is 4.43. The molecule has 128 valence electrons. The molecule has 0 aliphatic heterocycles. The van der Waals surface area contributed by atoms with Crippen molar-refractivity contribution >= 4 is 46.0 Å². The summed E-state index contributed by atoms with van der Waals surface area (Å²) in [6.07, 6.45) is 0.685. The van der Waals surface area contributed by atoms with Gasteiger partial charge in [-0.3, -0.25) is 9.59 Å². The summed E-state index contributed by atoms with van der Waals surface area (Å²) < 4.78 is 0. The van der Waals surface area contributed by atoms with Crippen LogP contribution in [0.15, 0.2) is 42.5 Å². The summed E-state index contributed by atoms with van der Waals surface area (Å²) in [7, 11) is 0. The molecule has 1 heterocycles. The van der Waals surface area contributed by atoms with Crippen molar-refractivity contribution in [3.05, 3.63) is 69.3 Å². The summed E-state index contributed by atoms with van der Waals surface area (Å²) >= 11 is 12.5. The second-order valence-corrected chi connectivity index (χ2v) is 6.33. The molecule has 2 aromatic carbocycles. The number of hydrogen-bond donors (Lipinski definition) is 3. The molecule has 3 rings (SSSR count). The molecule has 5 nitrogen and oxygen atoms in total. The maximum Gasteiger partial charge on any atom is 0.322 e. The monoisotopic (exact) mass is 376 g/mol. The minimum atomic E-state index is -1.14. The number of carboxylic acids is 1. The standard InChI is InChI=1S/C18H14Cl2N2O3/c19-13-8-14-12(17(20)16(13)18(25)21-9-15(23)24)7-11(22-14)6-10-4-2-1-3-5-10/h1-5,7-8,22H,6,9H2,(H,21,25)(H,23,24). The number of nitrogens with one attached hydrogen (secondary N) is 2. The first-order valence-electron chi connectivity index (χ1n) is 7.49. The van der Waals surface area contributed by atoms with Crippen LogP contribution in [0.4, 0.5) is 0 Å². The quantitative estimate of drug-likeness (QED) is 0.631. The van der Waals surface area contributed by atoms with Gasteiger partial charge < -0.3 is 15.4 Å². The fourth-order valence-corrected chi connectivity index (χ4v) is 3.31. The number of H-pyrrole nitrogens is 1. The molecule has 0 aliphatic carbocycles. The minimum Gasteiger partial charge on any atom is -0.480 e. The van der Waals surface area contributed by atoms with Crippen LogP contribution in [0, 0.1) is 0 Å². The van der Waals surface area contributed by atoms with E-state index in [0.29, 0.717) is 11.8 Å². The van der Waals surface area contributed by atoms with Crippen molar-refractivity contribution in [2.75, 3.05) is 6.54 Å². The van der Waals surface area contributed by atoms with Gasteiger partial charge in [0.15, 0.2) is 0 Å². The molecule has 0 bridgehead atoms. The van der Waals surface area contributed by atoms with Crippen LogP contribution >= 0.6 is 23.2 Å². The van der Waals surface area contributed by atoms with Gasteiger partial charge in [-0.15, -0.1) is 0 Å². The van der Waals surface area contributed by atoms with E-state index in [2.05, 4.69) is 10.3 Å². The summed E-state index contributed by atoms with van der Waals surface area (Å²) in [5, 5.41) is 12.0. The number of aliphatic carboxylic acids is 1. The number of rotatable bonds is 5. The van der Waals surface area contributed by atoms with E-state index in [-0.39, 0.29) is 15.6 Å². The first kappa shape index (κ1) is 17.3. The van der Waals surface area contributed by atoms with Crippen LogP contribution in [0.3, 0.4) is 0 Å². The Labute approximate surface area is 153 Å². The first-order chi connectivity index (χ1) is 12.0. The Kier molecular flexibility index (Phi) is 4.97. The van der Waals surface area contributed by atoms with Crippen LogP contribution in [0.2, 0.25) is 10.0 Å². The van der Waals surface area contributed by atoms with Crippen molar-refractivity contribution in [2.24, 2.45) is 0 Å². The van der Waals surface area contributed by atoms with Gasteiger partial charge in [-0.1, -0.05) is 53.5 Å². The van der Waals surface area contributed by atoms with Crippen molar-refractivity contribution in [3.8, 4) is 0 Å². The predicted molar refractivity (Wildman–Crippen MR) is 97.5 cm³/mol. The van der Waals surface area contributed by atoms with Crippen molar-refractivity contribution in [1.29, 1.82) is 0 Å². The molecule has 0 saturated heterocycles. The largest absolute Gasteiger partial charge is 0.480 e. The molecule has 0 fully saturated rings. The second kappa shape index (κ2) is 7.17. The van der Waals surface area contributed by atoms with Crippen molar-refractivity contribution in [3.63, 3.8) is 0 Å². The molecule has 0 saturated carbocycles. The maximum absolute atomic E-state index is 12.2. The average Bonchev–Trinajstić information content (AvgIpc) is 2.96. The van der Waals surface area contributed by atoms with Gasteiger partial charge in [0.25, 0.3) is 5.91 Å². The van der Waals surface area contributed by atoms with E-state index in [1.807, 2.05) is 36.4 Å². The number of halogens is 2. The zero-order valence-electron chi connectivity index (χ0n) is 13.0. The van der Waals surface area contributed by atoms with E-state index in [1.54, 1.807) is 6.07 Å². The van der Waals surface area contributed by atoms with Gasteiger partial charge in [0.1, 0.15) is 6.54 Å². The molecule has 0 aliphatic rings. The molecule has 1 aromatic heterocycles. The van der Waals surface area contributed by atoms with E-state index in [0.717, 1.165) is 16.8 Å². The lowest BCUT2D eigenvalue weighted by Crippen LogP contribution is -2.29. The Morgan fingerprint density at radius 3 is 2.52 bits per heavy atom. The SMILES string of the molecule is O=C(O)CNC(=O)c1c(Cl)cc2[nH]c(Cc3ccccc3)cc2c1Cl. The number of benzene rings is 2. The second-order valence-electron chi connectivity index (χ2n) is 5.54. The van der Waals surface area contributed by atoms with Crippen LogP contribution in [-0.4, -0.2) is 28.5 Å². The Morgan fingerprint density at radius 1 is 1.12 bits per heavy atom. The lowest BCUT2D eigenvalue weighted by Gasteiger charge is -2.08. The Bertz CT molecular complexity index is 952. The normalized spacial score (nSPS) is 10.8. The summed E-state index contributed by atoms with van der Waals surface area (Å²) in [5.41, 5.74) is 2.86. The summed E-state index contributed by atoms with van der Waals surface area (Å²) in [6, 6.07) is 13.4. The Morgan fingerprint density at radius 2 is 1.84 bits per heavy atom. The number of fused-ring (bicyclic) bond motifs is 1. The molecule has 1 amide bonds.